The Morgan fingerprint density at radius 3 is 2.78 bits per heavy atom. The third kappa shape index (κ3) is 2.82. The minimum Gasteiger partial charge on any atom is -0.375 e. The van der Waals surface area contributed by atoms with E-state index in [0.717, 1.165) is 24.3 Å². The summed E-state index contributed by atoms with van der Waals surface area (Å²) in [5, 5.41) is 2.88. The molecule has 1 saturated heterocycles. The Balaban J connectivity index is 2.16. The number of rotatable bonds is 4. The van der Waals surface area contributed by atoms with E-state index in [1.165, 1.54) is 25.6 Å². The van der Waals surface area contributed by atoms with Gasteiger partial charge in [-0.15, -0.1) is 0 Å². The van der Waals surface area contributed by atoms with Crippen molar-refractivity contribution in [3.63, 3.8) is 0 Å². The van der Waals surface area contributed by atoms with Gasteiger partial charge in [-0.05, 0) is 37.5 Å². The van der Waals surface area contributed by atoms with Crippen LogP contribution in [0, 0.1) is 6.92 Å². The third-order valence-corrected chi connectivity index (χ3v) is 3.30. The van der Waals surface area contributed by atoms with E-state index < -0.39 is 0 Å². The lowest BCUT2D eigenvalue weighted by molar-refractivity contribution is -0.119. The van der Waals surface area contributed by atoms with Crippen molar-refractivity contribution in [1.29, 1.82) is 0 Å². The van der Waals surface area contributed by atoms with Gasteiger partial charge in [0, 0.05) is 31.6 Å². The summed E-state index contributed by atoms with van der Waals surface area (Å²) >= 11 is 0. The van der Waals surface area contributed by atoms with Crippen LogP contribution in [-0.2, 0) is 9.53 Å². The fourth-order valence-corrected chi connectivity index (χ4v) is 2.38. The van der Waals surface area contributed by atoms with Gasteiger partial charge in [0.05, 0.1) is 0 Å². The second kappa shape index (κ2) is 5.87. The number of hydrogen-bond acceptors (Lipinski definition) is 3. The van der Waals surface area contributed by atoms with Crippen LogP contribution in [0.4, 0.5) is 11.4 Å². The second-order valence-corrected chi connectivity index (χ2v) is 4.63. The third-order valence-electron chi connectivity index (χ3n) is 3.30. The van der Waals surface area contributed by atoms with Crippen LogP contribution in [0.5, 0.6) is 0 Å². The lowest BCUT2D eigenvalue weighted by Crippen LogP contribution is -2.21. The van der Waals surface area contributed by atoms with Gasteiger partial charge >= 0.3 is 0 Å². The van der Waals surface area contributed by atoms with Gasteiger partial charge in [-0.1, -0.05) is 6.07 Å². The summed E-state index contributed by atoms with van der Waals surface area (Å²) in [5.74, 6) is -0.112. The Kier molecular flexibility index (Phi) is 4.20. The van der Waals surface area contributed by atoms with E-state index in [-0.39, 0.29) is 12.5 Å². The molecule has 4 nitrogen and oxygen atoms in total. The van der Waals surface area contributed by atoms with Gasteiger partial charge in [0.2, 0.25) is 5.91 Å². The number of hydrogen-bond donors (Lipinski definition) is 1. The highest BCUT2D eigenvalue weighted by molar-refractivity contribution is 5.93. The standard InChI is InChI=1S/C14H20N2O2/c1-11-12(15-14(17)10-18-2)6-5-7-13(11)16-8-3-4-9-16/h5-7H,3-4,8-10H2,1-2H3,(H,15,17). The molecule has 1 aliphatic rings. The molecule has 1 aliphatic heterocycles. The Bertz CT molecular complexity index is 426. The maximum Gasteiger partial charge on any atom is 0.250 e. The maximum atomic E-state index is 11.5. The summed E-state index contributed by atoms with van der Waals surface area (Å²) in [6, 6.07) is 6.04. The zero-order chi connectivity index (χ0) is 13.0. The van der Waals surface area contributed by atoms with E-state index in [2.05, 4.69) is 23.2 Å². The average molecular weight is 248 g/mol. The van der Waals surface area contributed by atoms with Crippen LogP contribution in [-0.4, -0.2) is 32.7 Å². The van der Waals surface area contributed by atoms with E-state index in [1.807, 2.05) is 12.1 Å². The van der Waals surface area contributed by atoms with E-state index in [9.17, 15) is 4.79 Å². The van der Waals surface area contributed by atoms with Gasteiger partial charge in [0.1, 0.15) is 6.61 Å². The van der Waals surface area contributed by atoms with Crippen molar-refractivity contribution >= 4 is 17.3 Å². The Hall–Kier alpha value is -1.55. The van der Waals surface area contributed by atoms with Gasteiger partial charge in [0.25, 0.3) is 0 Å². The number of nitrogens with one attached hydrogen (secondary N) is 1. The number of nitrogens with zero attached hydrogens (tertiary/aromatic N) is 1. The van der Waals surface area contributed by atoms with E-state index >= 15 is 0 Å². The molecule has 0 radical (unpaired) electrons. The van der Waals surface area contributed by atoms with Crippen molar-refractivity contribution in [3.05, 3.63) is 23.8 Å². The topological polar surface area (TPSA) is 41.6 Å². The van der Waals surface area contributed by atoms with Crippen LogP contribution < -0.4 is 10.2 Å². The average Bonchev–Trinajstić information content (AvgIpc) is 2.86. The Morgan fingerprint density at radius 1 is 1.39 bits per heavy atom. The maximum absolute atomic E-state index is 11.5. The first-order chi connectivity index (χ1) is 8.72. The van der Waals surface area contributed by atoms with Crippen molar-refractivity contribution in [1.82, 2.24) is 0 Å². The lowest BCUT2D eigenvalue weighted by Gasteiger charge is -2.22. The number of anilines is 2. The fourth-order valence-electron chi connectivity index (χ4n) is 2.38. The molecule has 0 aliphatic carbocycles. The van der Waals surface area contributed by atoms with Gasteiger partial charge in [-0.2, -0.15) is 0 Å². The molecule has 0 unspecified atom stereocenters. The van der Waals surface area contributed by atoms with Crippen molar-refractivity contribution < 1.29 is 9.53 Å². The highest BCUT2D eigenvalue weighted by Crippen LogP contribution is 2.29. The van der Waals surface area contributed by atoms with Crippen LogP contribution in [0.3, 0.4) is 0 Å². The number of methoxy groups -OCH3 is 1. The molecule has 18 heavy (non-hydrogen) atoms. The number of carbonyl (C=O) groups is 1. The molecule has 0 bridgehead atoms. The summed E-state index contributed by atoms with van der Waals surface area (Å²) < 4.78 is 4.82. The summed E-state index contributed by atoms with van der Waals surface area (Å²) in [7, 11) is 1.52. The Morgan fingerprint density at radius 2 is 2.11 bits per heavy atom. The predicted octanol–water partition coefficient (Wildman–Crippen LogP) is 2.18. The molecular weight excluding hydrogens is 228 g/mol. The minimum absolute atomic E-state index is 0.0907. The van der Waals surface area contributed by atoms with Gasteiger partial charge in [-0.25, -0.2) is 0 Å². The highest BCUT2D eigenvalue weighted by atomic mass is 16.5. The molecule has 1 aromatic carbocycles. The lowest BCUT2D eigenvalue weighted by atomic mass is 10.1. The van der Waals surface area contributed by atoms with E-state index in [4.69, 9.17) is 4.74 Å². The van der Waals surface area contributed by atoms with Gasteiger partial charge in [-0.3, -0.25) is 4.79 Å². The summed E-state index contributed by atoms with van der Waals surface area (Å²) in [5.41, 5.74) is 3.23. The van der Waals surface area contributed by atoms with Crippen molar-refractivity contribution in [2.45, 2.75) is 19.8 Å². The molecule has 1 amide bonds. The predicted molar refractivity (Wildman–Crippen MR) is 73.1 cm³/mol. The molecule has 1 heterocycles. The van der Waals surface area contributed by atoms with Crippen molar-refractivity contribution in [3.8, 4) is 0 Å². The molecule has 0 aromatic heterocycles. The Labute approximate surface area is 108 Å². The largest absolute Gasteiger partial charge is 0.375 e. The number of ether oxygens (including phenoxy) is 1. The molecule has 4 heteroatoms. The fraction of sp³-hybridized carbons (Fsp3) is 0.500. The summed E-state index contributed by atoms with van der Waals surface area (Å²) in [6.45, 7) is 4.36. The molecule has 1 N–H and O–H groups in total. The monoisotopic (exact) mass is 248 g/mol. The normalized spacial score (nSPS) is 14.9. The van der Waals surface area contributed by atoms with Crippen molar-refractivity contribution in [2.24, 2.45) is 0 Å². The molecule has 0 spiro atoms. The van der Waals surface area contributed by atoms with Crippen LogP contribution in [0.2, 0.25) is 0 Å². The number of carbonyl (C=O) groups excluding carboxylic acids is 1. The molecule has 1 fully saturated rings. The number of amides is 1. The summed E-state index contributed by atoms with van der Waals surface area (Å²) in [6.07, 6.45) is 2.50. The zero-order valence-corrected chi connectivity index (χ0v) is 11.0. The van der Waals surface area contributed by atoms with Crippen LogP contribution >= 0.6 is 0 Å². The molecule has 1 aromatic rings. The van der Waals surface area contributed by atoms with E-state index in [1.54, 1.807) is 0 Å². The molecule has 0 saturated carbocycles. The van der Waals surface area contributed by atoms with Gasteiger partial charge in [0.15, 0.2) is 0 Å². The molecular formula is C14H20N2O2. The quantitative estimate of drug-likeness (QED) is 0.888. The zero-order valence-electron chi connectivity index (χ0n) is 11.0. The van der Waals surface area contributed by atoms with E-state index in [0.29, 0.717) is 0 Å². The van der Waals surface area contributed by atoms with Crippen molar-refractivity contribution in [2.75, 3.05) is 37.0 Å². The SMILES string of the molecule is COCC(=O)Nc1cccc(N2CCCC2)c1C. The smallest absolute Gasteiger partial charge is 0.250 e. The summed E-state index contributed by atoms with van der Waals surface area (Å²) in [4.78, 5) is 13.9. The van der Waals surface area contributed by atoms with Crippen LogP contribution in [0.15, 0.2) is 18.2 Å². The van der Waals surface area contributed by atoms with Crippen LogP contribution in [0.1, 0.15) is 18.4 Å². The highest BCUT2D eigenvalue weighted by Gasteiger charge is 2.16. The first kappa shape index (κ1) is 12.9. The second-order valence-electron chi connectivity index (χ2n) is 4.63. The van der Waals surface area contributed by atoms with Crippen LogP contribution in [0.25, 0.3) is 0 Å². The molecule has 0 atom stereocenters. The first-order valence-corrected chi connectivity index (χ1v) is 6.35. The first-order valence-electron chi connectivity index (χ1n) is 6.35. The molecule has 2 rings (SSSR count). The molecule has 98 valence electrons. The van der Waals surface area contributed by atoms with Gasteiger partial charge < -0.3 is 15.0 Å². The minimum atomic E-state index is -0.112. The number of benzene rings is 1.